The summed E-state index contributed by atoms with van der Waals surface area (Å²) in [5.74, 6) is 0. The normalized spacial score (nSPS) is 13.8. The molecule has 0 saturated carbocycles. The summed E-state index contributed by atoms with van der Waals surface area (Å²) in [6, 6.07) is 7.87. The molecular weight excluding hydrogens is 292 g/mol. The van der Waals surface area contributed by atoms with Crippen molar-refractivity contribution >= 4 is 37.1 Å². The zero-order valence-corrected chi connectivity index (χ0v) is 13.5. The molecule has 1 heterocycles. The SMILES string of the molecule is CC(C)NCC(C)S(=O)(=O)Nc1ccc2sccc2c1. The van der Waals surface area contributed by atoms with Crippen molar-refractivity contribution in [3.63, 3.8) is 0 Å². The van der Waals surface area contributed by atoms with E-state index >= 15 is 0 Å². The van der Waals surface area contributed by atoms with Crippen LogP contribution in [0.2, 0.25) is 0 Å². The summed E-state index contributed by atoms with van der Waals surface area (Å²) < 4.78 is 28.3. The van der Waals surface area contributed by atoms with Gasteiger partial charge < -0.3 is 5.32 Å². The van der Waals surface area contributed by atoms with Crippen LogP contribution in [0.5, 0.6) is 0 Å². The summed E-state index contributed by atoms with van der Waals surface area (Å²) >= 11 is 1.64. The van der Waals surface area contributed by atoms with Gasteiger partial charge in [0, 0.05) is 23.0 Å². The minimum Gasteiger partial charge on any atom is -0.313 e. The Morgan fingerprint density at radius 1 is 1.20 bits per heavy atom. The number of anilines is 1. The highest BCUT2D eigenvalue weighted by molar-refractivity contribution is 7.93. The Hall–Kier alpha value is -1.11. The van der Waals surface area contributed by atoms with E-state index in [4.69, 9.17) is 0 Å². The van der Waals surface area contributed by atoms with Crippen molar-refractivity contribution in [3.8, 4) is 0 Å². The molecule has 4 nitrogen and oxygen atoms in total. The summed E-state index contributed by atoms with van der Waals surface area (Å²) in [6.45, 7) is 6.14. The average Bonchev–Trinajstić information content (AvgIpc) is 2.82. The molecule has 2 N–H and O–H groups in total. The monoisotopic (exact) mass is 312 g/mol. The minimum absolute atomic E-state index is 0.273. The molecule has 6 heteroatoms. The van der Waals surface area contributed by atoms with Crippen molar-refractivity contribution in [1.82, 2.24) is 5.32 Å². The van der Waals surface area contributed by atoms with Gasteiger partial charge in [-0.05, 0) is 42.0 Å². The van der Waals surface area contributed by atoms with Crippen molar-refractivity contribution in [3.05, 3.63) is 29.6 Å². The number of hydrogen-bond donors (Lipinski definition) is 2. The smallest absolute Gasteiger partial charge is 0.236 e. The predicted molar refractivity (Wildman–Crippen MR) is 87.0 cm³/mol. The largest absolute Gasteiger partial charge is 0.313 e. The number of fused-ring (bicyclic) bond motifs is 1. The van der Waals surface area contributed by atoms with Crippen LogP contribution in [-0.4, -0.2) is 26.3 Å². The molecule has 2 rings (SSSR count). The van der Waals surface area contributed by atoms with Crippen molar-refractivity contribution < 1.29 is 8.42 Å². The van der Waals surface area contributed by atoms with Crippen molar-refractivity contribution in [2.75, 3.05) is 11.3 Å². The predicted octanol–water partition coefficient (Wildman–Crippen LogP) is 3.03. The van der Waals surface area contributed by atoms with Gasteiger partial charge in [0.15, 0.2) is 0 Å². The maximum absolute atomic E-state index is 12.2. The second kappa shape index (κ2) is 6.11. The molecule has 0 radical (unpaired) electrons. The van der Waals surface area contributed by atoms with Gasteiger partial charge in [-0.2, -0.15) is 0 Å². The molecule has 1 aromatic carbocycles. The molecule has 0 fully saturated rings. The van der Waals surface area contributed by atoms with E-state index in [1.165, 1.54) is 0 Å². The van der Waals surface area contributed by atoms with E-state index in [-0.39, 0.29) is 6.04 Å². The van der Waals surface area contributed by atoms with Gasteiger partial charge in [0.1, 0.15) is 0 Å². The molecule has 1 aromatic heterocycles. The summed E-state index contributed by atoms with van der Waals surface area (Å²) in [4.78, 5) is 0. The van der Waals surface area contributed by atoms with E-state index in [9.17, 15) is 8.42 Å². The van der Waals surface area contributed by atoms with Crippen LogP contribution in [0.4, 0.5) is 5.69 Å². The number of sulfonamides is 1. The van der Waals surface area contributed by atoms with Gasteiger partial charge in [0.05, 0.1) is 5.25 Å². The van der Waals surface area contributed by atoms with E-state index in [0.29, 0.717) is 12.2 Å². The maximum atomic E-state index is 12.2. The third-order valence-corrected chi connectivity index (χ3v) is 5.70. The second-order valence-corrected chi connectivity index (χ2v) is 8.24. The van der Waals surface area contributed by atoms with Crippen LogP contribution in [0, 0.1) is 0 Å². The Kier molecular flexibility index (Phi) is 4.67. The average molecular weight is 312 g/mol. The molecule has 0 saturated heterocycles. The summed E-state index contributed by atoms with van der Waals surface area (Å²) in [6.07, 6.45) is 0. The first-order valence-corrected chi connectivity index (χ1v) is 9.03. The first-order chi connectivity index (χ1) is 9.38. The van der Waals surface area contributed by atoms with Crippen LogP contribution in [-0.2, 0) is 10.0 Å². The summed E-state index contributed by atoms with van der Waals surface area (Å²) in [7, 11) is -3.37. The van der Waals surface area contributed by atoms with E-state index < -0.39 is 15.3 Å². The van der Waals surface area contributed by atoms with Gasteiger partial charge in [0.25, 0.3) is 0 Å². The van der Waals surface area contributed by atoms with Crippen LogP contribution in [0.1, 0.15) is 20.8 Å². The number of thiophene rings is 1. The zero-order valence-electron chi connectivity index (χ0n) is 11.9. The second-order valence-electron chi connectivity index (χ2n) is 5.19. The van der Waals surface area contributed by atoms with Gasteiger partial charge in [-0.15, -0.1) is 11.3 Å². The third kappa shape index (κ3) is 3.71. The van der Waals surface area contributed by atoms with Crippen molar-refractivity contribution in [2.24, 2.45) is 0 Å². The fraction of sp³-hybridized carbons (Fsp3) is 0.429. The molecule has 0 bridgehead atoms. The fourth-order valence-electron chi connectivity index (χ4n) is 1.81. The quantitative estimate of drug-likeness (QED) is 0.862. The lowest BCUT2D eigenvalue weighted by Crippen LogP contribution is -2.37. The van der Waals surface area contributed by atoms with E-state index in [1.807, 2.05) is 37.4 Å². The molecule has 0 spiro atoms. The van der Waals surface area contributed by atoms with E-state index in [1.54, 1.807) is 24.3 Å². The summed E-state index contributed by atoms with van der Waals surface area (Å²) in [5, 5.41) is 5.72. The van der Waals surface area contributed by atoms with Crippen LogP contribution in [0.15, 0.2) is 29.6 Å². The number of nitrogens with one attached hydrogen (secondary N) is 2. The van der Waals surface area contributed by atoms with Crippen LogP contribution in [0.3, 0.4) is 0 Å². The van der Waals surface area contributed by atoms with Crippen LogP contribution >= 0.6 is 11.3 Å². The van der Waals surface area contributed by atoms with Gasteiger partial charge in [-0.1, -0.05) is 13.8 Å². The number of hydrogen-bond acceptors (Lipinski definition) is 4. The molecule has 20 heavy (non-hydrogen) atoms. The zero-order chi connectivity index (χ0) is 14.8. The Bertz CT molecular complexity index is 677. The Balaban J connectivity index is 2.10. The summed E-state index contributed by atoms with van der Waals surface area (Å²) in [5.41, 5.74) is 0.618. The third-order valence-electron chi connectivity index (χ3n) is 3.06. The van der Waals surface area contributed by atoms with E-state index in [2.05, 4.69) is 10.0 Å². The van der Waals surface area contributed by atoms with Crippen molar-refractivity contribution in [2.45, 2.75) is 32.1 Å². The molecule has 0 aliphatic heterocycles. The molecule has 110 valence electrons. The molecule has 1 unspecified atom stereocenters. The highest BCUT2D eigenvalue weighted by atomic mass is 32.2. The van der Waals surface area contributed by atoms with Gasteiger partial charge >= 0.3 is 0 Å². The maximum Gasteiger partial charge on any atom is 0.236 e. The lowest BCUT2D eigenvalue weighted by molar-refractivity contribution is 0.553. The van der Waals surface area contributed by atoms with Crippen molar-refractivity contribution in [1.29, 1.82) is 0 Å². The number of rotatable bonds is 6. The van der Waals surface area contributed by atoms with E-state index in [0.717, 1.165) is 10.1 Å². The first-order valence-electron chi connectivity index (χ1n) is 6.61. The lowest BCUT2D eigenvalue weighted by Gasteiger charge is -2.17. The Morgan fingerprint density at radius 3 is 2.65 bits per heavy atom. The van der Waals surface area contributed by atoms with Gasteiger partial charge in [-0.25, -0.2) is 8.42 Å². The number of benzene rings is 1. The highest BCUT2D eigenvalue weighted by Gasteiger charge is 2.20. The molecule has 2 aromatic rings. The van der Waals surface area contributed by atoms with Crippen LogP contribution in [0.25, 0.3) is 10.1 Å². The Labute approximate surface area is 124 Å². The minimum atomic E-state index is -3.37. The van der Waals surface area contributed by atoms with Gasteiger partial charge in [0.2, 0.25) is 10.0 Å². The molecular formula is C14H20N2O2S2. The molecule has 0 aliphatic rings. The standard InChI is InChI=1S/C14H20N2O2S2/c1-10(2)15-9-11(3)20(17,18)16-13-4-5-14-12(8-13)6-7-19-14/h4-8,10-11,15-16H,9H2,1-3H3. The van der Waals surface area contributed by atoms with Crippen LogP contribution < -0.4 is 10.0 Å². The molecule has 0 amide bonds. The van der Waals surface area contributed by atoms with Gasteiger partial charge in [-0.3, -0.25) is 4.72 Å². The first kappa shape index (κ1) is 15.3. The molecule has 0 aliphatic carbocycles. The highest BCUT2D eigenvalue weighted by Crippen LogP contribution is 2.24. The Morgan fingerprint density at radius 2 is 1.95 bits per heavy atom. The lowest BCUT2D eigenvalue weighted by atomic mass is 10.2. The molecule has 1 atom stereocenters. The topological polar surface area (TPSA) is 58.2 Å². The fourth-order valence-corrected chi connectivity index (χ4v) is 3.55.